The number of hydrogen-bond donors (Lipinski definition) is 1. The van der Waals surface area contributed by atoms with E-state index in [9.17, 15) is 18.0 Å². The molecule has 1 N–H and O–H groups in total. The van der Waals surface area contributed by atoms with Crippen LogP contribution >= 0.6 is 23.2 Å². The first-order valence-corrected chi connectivity index (χ1v) is 15.5. The topological polar surface area (TPSA) is 96.0 Å². The Hall–Kier alpha value is -3.27. The molecule has 2 amide bonds. The van der Waals surface area contributed by atoms with Gasteiger partial charge in [-0.05, 0) is 68.3 Å². The summed E-state index contributed by atoms with van der Waals surface area (Å²) in [6.07, 6.45) is 0.987. The molecule has 0 aliphatic heterocycles. The lowest BCUT2D eigenvalue weighted by atomic mass is 10.1. The van der Waals surface area contributed by atoms with Gasteiger partial charge < -0.3 is 15.0 Å². The number of nitrogens with one attached hydrogen (secondary N) is 1. The molecule has 3 aromatic rings. The van der Waals surface area contributed by atoms with Gasteiger partial charge in [0.2, 0.25) is 11.8 Å². The third-order valence-electron chi connectivity index (χ3n) is 6.75. The first kappa shape index (κ1) is 32.2. The lowest BCUT2D eigenvalue weighted by Gasteiger charge is -2.34. The fourth-order valence-electron chi connectivity index (χ4n) is 4.21. The van der Waals surface area contributed by atoms with Crippen molar-refractivity contribution in [1.29, 1.82) is 0 Å². The van der Waals surface area contributed by atoms with E-state index in [-0.39, 0.29) is 29.8 Å². The number of methoxy groups -OCH3 is 1. The Morgan fingerprint density at radius 2 is 1.51 bits per heavy atom. The van der Waals surface area contributed by atoms with Gasteiger partial charge in [-0.3, -0.25) is 13.9 Å². The highest BCUT2D eigenvalue weighted by atomic mass is 35.5. The number of ether oxygens (including phenoxy) is 1. The maximum absolute atomic E-state index is 14.1. The predicted octanol–water partition coefficient (Wildman–Crippen LogP) is 5.92. The van der Waals surface area contributed by atoms with Crippen LogP contribution in [0.3, 0.4) is 0 Å². The summed E-state index contributed by atoms with van der Waals surface area (Å²) in [5.74, 6) is -0.442. The first-order valence-electron chi connectivity index (χ1n) is 13.3. The molecular weight excluding hydrogens is 585 g/mol. The van der Waals surface area contributed by atoms with Gasteiger partial charge in [0.1, 0.15) is 18.3 Å². The summed E-state index contributed by atoms with van der Waals surface area (Å²) in [4.78, 5) is 28.8. The lowest BCUT2D eigenvalue weighted by Crippen LogP contribution is -2.53. The quantitative estimate of drug-likeness (QED) is 0.256. The zero-order chi connectivity index (χ0) is 30.2. The van der Waals surface area contributed by atoms with Crippen LogP contribution in [0, 0.1) is 0 Å². The van der Waals surface area contributed by atoms with Gasteiger partial charge in [0.25, 0.3) is 10.0 Å². The molecule has 2 atom stereocenters. The minimum Gasteiger partial charge on any atom is -0.497 e. The first-order chi connectivity index (χ1) is 19.5. The van der Waals surface area contributed by atoms with E-state index in [0.29, 0.717) is 33.5 Å². The molecule has 0 spiro atoms. The minimum atomic E-state index is -4.19. The van der Waals surface area contributed by atoms with Crippen molar-refractivity contribution in [2.45, 2.75) is 57.1 Å². The molecular formula is C30H35Cl2N3O5S. The Morgan fingerprint density at radius 3 is 2.05 bits per heavy atom. The number of carbonyl (C=O) groups excluding carboxylic acids is 2. The summed E-state index contributed by atoms with van der Waals surface area (Å²) in [6.45, 7) is 4.96. The van der Waals surface area contributed by atoms with Crippen LogP contribution in [0.1, 0.15) is 39.2 Å². The van der Waals surface area contributed by atoms with Crippen molar-refractivity contribution < 1.29 is 22.7 Å². The van der Waals surface area contributed by atoms with Crippen molar-refractivity contribution >= 4 is 50.7 Å². The number of rotatable bonds is 13. The molecule has 0 fully saturated rings. The molecule has 0 unspecified atom stereocenters. The summed E-state index contributed by atoms with van der Waals surface area (Å²) >= 11 is 12.9. The molecule has 0 aliphatic rings. The third-order valence-corrected chi connectivity index (χ3v) is 9.24. The van der Waals surface area contributed by atoms with E-state index in [1.54, 1.807) is 55.5 Å². The van der Waals surface area contributed by atoms with Crippen molar-refractivity contribution in [3.05, 3.63) is 88.4 Å². The Bertz CT molecular complexity index is 1420. The average molecular weight is 621 g/mol. The number of amides is 2. The van der Waals surface area contributed by atoms with Gasteiger partial charge in [0.15, 0.2) is 0 Å². The molecule has 0 bridgehead atoms. The number of nitrogens with zero attached hydrogens (tertiary/aromatic N) is 2. The number of para-hydroxylation sites is 1. The SMILES string of the molecule is CC[C@H](C)NC(=O)[C@H](CC)N(Cc1c(Cl)cccc1Cl)C(=O)CN(c1ccccc1)S(=O)(=O)c1ccc(OC)cc1. The predicted molar refractivity (Wildman–Crippen MR) is 163 cm³/mol. The summed E-state index contributed by atoms with van der Waals surface area (Å²) in [5, 5.41) is 3.60. The number of halogens is 2. The van der Waals surface area contributed by atoms with Gasteiger partial charge in [0.05, 0.1) is 17.7 Å². The lowest BCUT2D eigenvalue weighted by molar-refractivity contribution is -0.140. The molecule has 0 heterocycles. The highest BCUT2D eigenvalue weighted by Crippen LogP contribution is 2.29. The van der Waals surface area contributed by atoms with E-state index in [1.165, 1.54) is 36.3 Å². The maximum Gasteiger partial charge on any atom is 0.264 e. The van der Waals surface area contributed by atoms with Crippen LogP contribution in [-0.2, 0) is 26.2 Å². The Labute approximate surface area is 252 Å². The second-order valence-corrected chi connectivity index (χ2v) is 12.2. The van der Waals surface area contributed by atoms with E-state index in [0.717, 1.165) is 4.31 Å². The Balaban J connectivity index is 2.07. The monoisotopic (exact) mass is 619 g/mol. The van der Waals surface area contributed by atoms with Gasteiger partial charge in [-0.2, -0.15) is 0 Å². The number of anilines is 1. The van der Waals surface area contributed by atoms with Gasteiger partial charge in [0, 0.05) is 28.2 Å². The minimum absolute atomic E-state index is 0.0165. The number of benzene rings is 3. The Morgan fingerprint density at radius 1 is 0.902 bits per heavy atom. The second kappa shape index (κ2) is 14.6. The van der Waals surface area contributed by atoms with Crippen LogP contribution < -0.4 is 14.4 Å². The molecule has 41 heavy (non-hydrogen) atoms. The van der Waals surface area contributed by atoms with E-state index < -0.39 is 28.5 Å². The van der Waals surface area contributed by atoms with Crippen LogP contribution in [0.25, 0.3) is 0 Å². The number of carbonyl (C=O) groups is 2. The maximum atomic E-state index is 14.1. The zero-order valence-corrected chi connectivity index (χ0v) is 25.8. The summed E-state index contributed by atoms with van der Waals surface area (Å²) in [7, 11) is -2.71. The van der Waals surface area contributed by atoms with Crippen molar-refractivity contribution in [3.63, 3.8) is 0 Å². The van der Waals surface area contributed by atoms with Gasteiger partial charge >= 0.3 is 0 Å². The van der Waals surface area contributed by atoms with Gasteiger partial charge in [-0.15, -0.1) is 0 Å². The van der Waals surface area contributed by atoms with Crippen molar-refractivity contribution in [3.8, 4) is 5.75 Å². The second-order valence-electron chi connectivity index (χ2n) is 9.49. The molecule has 8 nitrogen and oxygen atoms in total. The summed E-state index contributed by atoms with van der Waals surface area (Å²) < 4.78 is 34.0. The van der Waals surface area contributed by atoms with E-state index in [4.69, 9.17) is 27.9 Å². The molecule has 0 saturated heterocycles. The van der Waals surface area contributed by atoms with Gasteiger partial charge in [-0.25, -0.2) is 8.42 Å². The standard InChI is InChI=1S/C30H35Cl2N3O5S/c1-5-21(3)33-30(37)28(6-2)34(19-25-26(31)13-10-14-27(25)32)29(36)20-35(22-11-8-7-9-12-22)41(38,39)24-17-15-23(40-4)16-18-24/h7-18,21,28H,5-6,19-20H2,1-4H3,(H,33,37)/t21-,28-/m0/s1. The highest BCUT2D eigenvalue weighted by molar-refractivity contribution is 7.92. The molecule has 0 saturated carbocycles. The van der Waals surface area contributed by atoms with Crippen LogP contribution in [0.15, 0.2) is 77.7 Å². The number of hydrogen-bond acceptors (Lipinski definition) is 5. The molecule has 220 valence electrons. The molecule has 3 rings (SSSR count). The smallest absolute Gasteiger partial charge is 0.264 e. The van der Waals surface area contributed by atoms with Crippen LogP contribution in [0.4, 0.5) is 5.69 Å². The van der Waals surface area contributed by atoms with Gasteiger partial charge in [-0.1, -0.05) is 61.3 Å². The average Bonchev–Trinajstić information content (AvgIpc) is 2.97. The van der Waals surface area contributed by atoms with Crippen molar-refractivity contribution in [2.24, 2.45) is 0 Å². The number of sulfonamides is 1. The van der Waals surface area contributed by atoms with E-state index in [1.807, 2.05) is 13.8 Å². The molecule has 0 radical (unpaired) electrons. The highest BCUT2D eigenvalue weighted by Gasteiger charge is 2.34. The van der Waals surface area contributed by atoms with Crippen LogP contribution in [0.5, 0.6) is 5.75 Å². The van der Waals surface area contributed by atoms with Crippen LogP contribution in [0.2, 0.25) is 10.0 Å². The zero-order valence-electron chi connectivity index (χ0n) is 23.5. The Kier molecular flexibility index (Phi) is 11.5. The molecule has 11 heteroatoms. The fourth-order valence-corrected chi connectivity index (χ4v) is 6.14. The molecule has 0 aromatic heterocycles. The van der Waals surface area contributed by atoms with E-state index in [2.05, 4.69) is 5.32 Å². The molecule has 3 aromatic carbocycles. The van der Waals surface area contributed by atoms with Crippen molar-refractivity contribution in [1.82, 2.24) is 10.2 Å². The normalized spacial score (nSPS) is 12.7. The van der Waals surface area contributed by atoms with Crippen molar-refractivity contribution in [2.75, 3.05) is 18.0 Å². The largest absolute Gasteiger partial charge is 0.497 e. The fraction of sp³-hybridized carbons (Fsp3) is 0.333. The van der Waals surface area contributed by atoms with E-state index >= 15 is 0 Å². The molecule has 0 aliphatic carbocycles. The van der Waals surface area contributed by atoms with Crippen LogP contribution in [-0.4, -0.2) is 50.9 Å². The summed E-state index contributed by atoms with van der Waals surface area (Å²) in [5.41, 5.74) is 0.757. The summed E-state index contributed by atoms with van der Waals surface area (Å²) in [6, 6.07) is 18.2. The third kappa shape index (κ3) is 7.93.